The van der Waals surface area contributed by atoms with Crippen LogP contribution in [0.25, 0.3) is 0 Å². The Morgan fingerprint density at radius 3 is 2.91 bits per heavy atom. The zero-order valence-electron chi connectivity index (χ0n) is 13.6. The molecule has 3 rings (SSSR count). The maximum atomic E-state index is 11.5. The van der Waals surface area contributed by atoms with Gasteiger partial charge in [-0.15, -0.1) is 0 Å². The Bertz CT molecular complexity index is 589. The number of ether oxygens (including phenoxy) is 3. The van der Waals surface area contributed by atoms with Crippen molar-refractivity contribution < 1.29 is 24.1 Å². The van der Waals surface area contributed by atoms with Gasteiger partial charge in [0, 0.05) is 19.6 Å². The van der Waals surface area contributed by atoms with Gasteiger partial charge in [-0.1, -0.05) is 13.3 Å². The molecule has 0 aliphatic carbocycles. The normalized spacial score (nSPS) is 23.2. The summed E-state index contributed by atoms with van der Waals surface area (Å²) in [5.41, 5.74) is 1.05. The van der Waals surface area contributed by atoms with Gasteiger partial charge in [-0.2, -0.15) is 0 Å². The molecule has 1 fully saturated rings. The SMILES string of the molecule is CCC[C@H]1CN(Cc2cc(OC)c3c(c2)OCO3)C[C@@H]1C(=O)O. The van der Waals surface area contributed by atoms with Crippen LogP contribution in [0.15, 0.2) is 12.1 Å². The number of fused-ring (bicyclic) bond motifs is 1. The van der Waals surface area contributed by atoms with Crippen LogP contribution in [0, 0.1) is 11.8 Å². The maximum Gasteiger partial charge on any atom is 0.308 e. The van der Waals surface area contributed by atoms with E-state index in [1.165, 1.54) is 0 Å². The number of carboxylic acid groups (broad SMARTS) is 1. The lowest BCUT2D eigenvalue weighted by Crippen LogP contribution is -2.23. The molecule has 2 aliphatic rings. The van der Waals surface area contributed by atoms with E-state index in [4.69, 9.17) is 14.2 Å². The molecule has 1 aromatic rings. The first kappa shape index (κ1) is 15.9. The van der Waals surface area contributed by atoms with Crippen molar-refractivity contribution in [2.24, 2.45) is 11.8 Å². The lowest BCUT2D eigenvalue weighted by atomic mass is 9.92. The highest BCUT2D eigenvalue weighted by Gasteiger charge is 2.37. The summed E-state index contributed by atoms with van der Waals surface area (Å²) in [5, 5.41) is 9.42. The van der Waals surface area contributed by atoms with E-state index in [1.54, 1.807) is 7.11 Å². The molecule has 2 atom stereocenters. The number of hydrogen-bond acceptors (Lipinski definition) is 5. The highest BCUT2D eigenvalue weighted by Crippen LogP contribution is 2.42. The topological polar surface area (TPSA) is 68.2 Å². The molecule has 23 heavy (non-hydrogen) atoms. The van der Waals surface area contributed by atoms with Gasteiger partial charge in [0.25, 0.3) is 0 Å². The molecular weight excluding hydrogens is 298 g/mol. The summed E-state index contributed by atoms with van der Waals surface area (Å²) in [6.45, 7) is 4.41. The Kier molecular flexibility index (Phi) is 4.61. The first-order valence-electron chi connectivity index (χ1n) is 8.04. The van der Waals surface area contributed by atoms with Crippen LogP contribution < -0.4 is 14.2 Å². The molecule has 6 heteroatoms. The van der Waals surface area contributed by atoms with E-state index in [9.17, 15) is 9.90 Å². The van der Waals surface area contributed by atoms with Crippen LogP contribution in [0.5, 0.6) is 17.2 Å². The molecule has 0 unspecified atom stereocenters. The Morgan fingerprint density at radius 2 is 2.22 bits per heavy atom. The monoisotopic (exact) mass is 321 g/mol. The minimum Gasteiger partial charge on any atom is -0.493 e. The quantitative estimate of drug-likeness (QED) is 0.867. The third kappa shape index (κ3) is 3.22. The van der Waals surface area contributed by atoms with E-state index >= 15 is 0 Å². The van der Waals surface area contributed by atoms with Crippen LogP contribution in [0.4, 0.5) is 0 Å². The number of aliphatic carboxylic acids is 1. The van der Waals surface area contributed by atoms with Gasteiger partial charge in [0.1, 0.15) is 0 Å². The van der Waals surface area contributed by atoms with Crippen molar-refractivity contribution in [3.63, 3.8) is 0 Å². The summed E-state index contributed by atoms with van der Waals surface area (Å²) < 4.78 is 16.2. The van der Waals surface area contributed by atoms with Crippen LogP contribution >= 0.6 is 0 Å². The first-order valence-corrected chi connectivity index (χ1v) is 8.04. The van der Waals surface area contributed by atoms with E-state index in [2.05, 4.69) is 11.8 Å². The van der Waals surface area contributed by atoms with Gasteiger partial charge in [-0.3, -0.25) is 9.69 Å². The van der Waals surface area contributed by atoms with Crippen molar-refractivity contribution >= 4 is 5.97 Å². The molecule has 1 N–H and O–H groups in total. The Labute approximate surface area is 135 Å². The largest absolute Gasteiger partial charge is 0.493 e. The predicted octanol–water partition coefficient (Wildman–Crippen LogP) is 2.36. The Hall–Kier alpha value is -1.95. The Morgan fingerprint density at radius 1 is 1.39 bits per heavy atom. The van der Waals surface area contributed by atoms with Crippen molar-refractivity contribution in [3.8, 4) is 17.2 Å². The summed E-state index contributed by atoms with van der Waals surface area (Å²) in [6.07, 6.45) is 1.97. The van der Waals surface area contributed by atoms with Crippen LogP contribution in [0.2, 0.25) is 0 Å². The van der Waals surface area contributed by atoms with E-state index in [0.29, 0.717) is 30.3 Å². The smallest absolute Gasteiger partial charge is 0.308 e. The standard InChI is InChI=1S/C17H23NO5/c1-3-4-12-8-18(9-13(12)17(19)20)7-11-5-14(21-2)16-15(6-11)22-10-23-16/h5-6,12-13H,3-4,7-10H2,1-2H3,(H,19,20)/t12-,13-/m0/s1. The molecular formula is C17H23NO5. The Balaban J connectivity index is 1.74. The van der Waals surface area contributed by atoms with Crippen LogP contribution in [-0.4, -0.2) is 43.0 Å². The van der Waals surface area contributed by atoms with Gasteiger partial charge in [-0.25, -0.2) is 0 Å². The van der Waals surface area contributed by atoms with Gasteiger partial charge in [0.05, 0.1) is 13.0 Å². The van der Waals surface area contributed by atoms with Gasteiger partial charge < -0.3 is 19.3 Å². The molecule has 1 saturated heterocycles. The summed E-state index contributed by atoms with van der Waals surface area (Å²) in [5.74, 6) is 1.27. The first-order chi connectivity index (χ1) is 11.1. The average Bonchev–Trinajstić information content (AvgIpc) is 3.13. The third-order valence-electron chi connectivity index (χ3n) is 4.62. The molecule has 0 bridgehead atoms. The molecule has 2 aliphatic heterocycles. The molecule has 0 radical (unpaired) electrons. The summed E-state index contributed by atoms with van der Waals surface area (Å²) in [4.78, 5) is 13.7. The summed E-state index contributed by atoms with van der Waals surface area (Å²) in [7, 11) is 1.61. The van der Waals surface area contributed by atoms with Gasteiger partial charge in [-0.05, 0) is 30.0 Å². The van der Waals surface area contributed by atoms with Crippen LogP contribution in [0.3, 0.4) is 0 Å². The average molecular weight is 321 g/mol. The van der Waals surface area contributed by atoms with Gasteiger partial charge in [0.15, 0.2) is 11.5 Å². The van der Waals surface area contributed by atoms with Crippen molar-refractivity contribution in [2.45, 2.75) is 26.3 Å². The fraction of sp³-hybridized carbons (Fsp3) is 0.588. The number of nitrogens with zero attached hydrogens (tertiary/aromatic N) is 1. The minimum atomic E-state index is -0.686. The number of likely N-dealkylation sites (tertiary alicyclic amines) is 1. The van der Waals surface area contributed by atoms with Crippen molar-refractivity contribution in [3.05, 3.63) is 17.7 Å². The van der Waals surface area contributed by atoms with E-state index < -0.39 is 5.97 Å². The second-order valence-corrected chi connectivity index (χ2v) is 6.22. The number of benzene rings is 1. The fourth-order valence-corrected chi connectivity index (χ4v) is 3.57. The molecule has 6 nitrogen and oxygen atoms in total. The highest BCUT2D eigenvalue weighted by molar-refractivity contribution is 5.71. The van der Waals surface area contributed by atoms with Crippen molar-refractivity contribution in [1.82, 2.24) is 4.90 Å². The summed E-state index contributed by atoms with van der Waals surface area (Å²) >= 11 is 0. The molecule has 126 valence electrons. The maximum absolute atomic E-state index is 11.5. The van der Waals surface area contributed by atoms with E-state index in [-0.39, 0.29) is 18.6 Å². The molecule has 0 amide bonds. The second-order valence-electron chi connectivity index (χ2n) is 6.22. The van der Waals surface area contributed by atoms with E-state index in [0.717, 1.165) is 24.9 Å². The lowest BCUT2D eigenvalue weighted by molar-refractivity contribution is -0.142. The van der Waals surface area contributed by atoms with Gasteiger partial charge in [0.2, 0.25) is 12.5 Å². The van der Waals surface area contributed by atoms with E-state index in [1.807, 2.05) is 12.1 Å². The zero-order valence-corrected chi connectivity index (χ0v) is 13.6. The van der Waals surface area contributed by atoms with Crippen LogP contribution in [-0.2, 0) is 11.3 Å². The number of rotatable bonds is 6. The highest BCUT2D eigenvalue weighted by atomic mass is 16.7. The minimum absolute atomic E-state index is 0.207. The number of hydrogen-bond donors (Lipinski definition) is 1. The summed E-state index contributed by atoms with van der Waals surface area (Å²) in [6, 6.07) is 3.89. The lowest BCUT2D eigenvalue weighted by Gasteiger charge is -2.17. The second kappa shape index (κ2) is 6.66. The van der Waals surface area contributed by atoms with Crippen LogP contribution in [0.1, 0.15) is 25.3 Å². The van der Waals surface area contributed by atoms with Gasteiger partial charge >= 0.3 is 5.97 Å². The molecule has 0 spiro atoms. The van der Waals surface area contributed by atoms with Crippen molar-refractivity contribution in [1.29, 1.82) is 0 Å². The molecule has 2 heterocycles. The number of methoxy groups -OCH3 is 1. The number of carboxylic acids is 1. The fourth-order valence-electron chi connectivity index (χ4n) is 3.57. The predicted molar refractivity (Wildman–Crippen MR) is 83.9 cm³/mol. The van der Waals surface area contributed by atoms with Crippen molar-refractivity contribution in [2.75, 3.05) is 27.0 Å². The third-order valence-corrected chi connectivity index (χ3v) is 4.62. The zero-order chi connectivity index (χ0) is 16.4. The molecule has 0 saturated carbocycles. The number of carbonyl (C=O) groups is 1. The molecule has 0 aromatic heterocycles. The molecule has 1 aromatic carbocycles.